The molecule has 0 aliphatic rings. The zero-order chi connectivity index (χ0) is 20.6. The molecule has 0 bridgehead atoms. The van der Waals surface area contributed by atoms with Gasteiger partial charge in [-0.1, -0.05) is 50.7 Å². The van der Waals surface area contributed by atoms with Gasteiger partial charge in [-0.3, -0.25) is 4.79 Å². The lowest BCUT2D eigenvalue weighted by atomic mass is 9.82. The Bertz CT molecular complexity index is 785. The van der Waals surface area contributed by atoms with Gasteiger partial charge in [0.1, 0.15) is 11.6 Å². The standard InChI is InChI=1S/C21H29N3O3S/c1-5-13-24-18(22-23-20(24)28-15-19(25)26)8-7-14-27-17-11-9-16(10-12-17)21(3,4)6-2/h5,9-12H,1,6-8,13-15H2,2-4H3,(H,25,26). The van der Waals surface area contributed by atoms with E-state index in [9.17, 15) is 4.79 Å². The number of hydrogen-bond acceptors (Lipinski definition) is 5. The fourth-order valence-corrected chi connectivity index (χ4v) is 3.36. The number of carbonyl (C=O) groups is 1. The Kier molecular flexibility index (Phi) is 8.11. The average Bonchev–Trinajstić information content (AvgIpc) is 3.06. The number of benzene rings is 1. The van der Waals surface area contributed by atoms with Crippen LogP contribution in [0.4, 0.5) is 0 Å². The largest absolute Gasteiger partial charge is 0.494 e. The van der Waals surface area contributed by atoms with Crippen LogP contribution in [-0.2, 0) is 23.2 Å². The molecule has 2 aromatic rings. The van der Waals surface area contributed by atoms with Crippen molar-refractivity contribution in [3.63, 3.8) is 0 Å². The van der Waals surface area contributed by atoms with E-state index in [0.29, 0.717) is 24.7 Å². The lowest BCUT2D eigenvalue weighted by Crippen LogP contribution is -2.15. The number of hydrogen-bond donors (Lipinski definition) is 1. The van der Waals surface area contributed by atoms with Crippen molar-refractivity contribution in [2.45, 2.75) is 57.1 Å². The second-order valence-electron chi connectivity index (χ2n) is 7.19. The third kappa shape index (κ3) is 6.12. The van der Waals surface area contributed by atoms with Gasteiger partial charge in [0, 0.05) is 13.0 Å². The fraction of sp³-hybridized carbons (Fsp3) is 0.476. The van der Waals surface area contributed by atoms with E-state index in [4.69, 9.17) is 9.84 Å². The topological polar surface area (TPSA) is 77.2 Å². The van der Waals surface area contributed by atoms with Crippen LogP contribution < -0.4 is 4.74 Å². The van der Waals surface area contributed by atoms with Crippen molar-refractivity contribution in [3.8, 4) is 5.75 Å². The van der Waals surface area contributed by atoms with Crippen LogP contribution in [0.2, 0.25) is 0 Å². The summed E-state index contributed by atoms with van der Waals surface area (Å²) in [7, 11) is 0. The number of carboxylic acids is 1. The van der Waals surface area contributed by atoms with E-state index >= 15 is 0 Å². The SMILES string of the molecule is C=CCn1c(CCCOc2ccc(C(C)(C)CC)cc2)nnc1SCC(=O)O. The molecule has 0 radical (unpaired) electrons. The molecule has 1 aromatic heterocycles. The highest BCUT2D eigenvalue weighted by molar-refractivity contribution is 7.99. The summed E-state index contributed by atoms with van der Waals surface area (Å²) in [6, 6.07) is 8.30. The van der Waals surface area contributed by atoms with Crippen molar-refractivity contribution < 1.29 is 14.6 Å². The van der Waals surface area contributed by atoms with Crippen LogP contribution in [0.5, 0.6) is 5.75 Å². The molecule has 0 aliphatic carbocycles. The van der Waals surface area contributed by atoms with Gasteiger partial charge < -0.3 is 14.4 Å². The molecule has 0 saturated carbocycles. The number of aromatic nitrogens is 3. The molecule has 2 rings (SSSR count). The molecule has 152 valence electrons. The molecule has 28 heavy (non-hydrogen) atoms. The summed E-state index contributed by atoms with van der Waals surface area (Å²) < 4.78 is 7.76. The monoisotopic (exact) mass is 403 g/mol. The van der Waals surface area contributed by atoms with Crippen LogP contribution in [0.1, 0.15) is 45.0 Å². The highest BCUT2D eigenvalue weighted by atomic mass is 32.2. The number of rotatable bonds is 12. The predicted molar refractivity (Wildman–Crippen MR) is 112 cm³/mol. The quantitative estimate of drug-likeness (QED) is 0.323. The number of nitrogens with zero attached hydrogens (tertiary/aromatic N) is 3. The van der Waals surface area contributed by atoms with Crippen LogP contribution in [0.25, 0.3) is 0 Å². The highest BCUT2D eigenvalue weighted by Crippen LogP contribution is 2.28. The first-order valence-corrected chi connectivity index (χ1v) is 10.5. The number of carboxylic acid groups (broad SMARTS) is 1. The summed E-state index contributed by atoms with van der Waals surface area (Å²) in [4.78, 5) is 10.8. The lowest BCUT2D eigenvalue weighted by molar-refractivity contribution is -0.133. The van der Waals surface area contributed by atoms with Crippen LogP contribution in [0, 0.1) is 0 Å². The third-order valence-corrected chi connectivity index (χ3v) is 5.71. The van der Waals surface area contributed by atoms with Gasteiger partial charge in [0.25, 0.3) is 0 Å². The van der Waals surface area contributed by atoms with Gasteiger partial charge in [0.15, 0.2) is 5.16 Å². The summed E-state index contributed by atoms with van der Waals surface area (Å²) in [5.74, 6) is 0.766. The summed E-state index contributed by atoms with van der Waals surface area (Å²) >= 11 is 1.17. The maximum absolute atomic E-state index is 10.8. The molecule has 1 aromatic carbocycles. The molecule has 0 amide bonds. The maximum Gasteiger partial charge on any atom is 0.313 e. The molecular formula is C21H29N3O3S. The molecule has 1 heterocycles. The van der Waals surface area contributed by atoms with Crippen LogP contribution in [0.3, 0.4) is 0 Å². The summed E-state index contributed by atoms with van der Waals surface area (Å²) in [5.41, 5.74) is 1.48. The molecule has 0 saturated heterocycles. The minimum Gasteiger partial charge on any atom is -0.494 e. The first-order valence-electron chi connectivity index (χ1n) is 9.48. The predicted octanol–water partition coefficient (Wildman–Crippen LogP) is 4.34. The molecule has 0 atom stereocenters. The van der Waals surface area contributed by atoms with Crippen LogP contribution in [-0.4, -0.2) is 38.2 Å². The van der Waals surface area contributed by atoms with E-state index in [-0.39, 0.29) is 11.2 Å². The van der Waals surface area contributed by atoms with Gasteiger partial charge >= 0.3 is 5.97 Å². The molecular weight excluding hydrogens is 374 g/mol. The van der Waals surface area contributed by atoms with Crippen molar-refractivity contribution in [2.24, 2.45) is 0 Å². The van der Waals surface area contributed by atoms with E-state index in [1.807, 2.05) is 16.7 Å². The second-order valence-corrected chi connectivity index (χ2v) is 8.14. The number of ether oxygens (including phenoxy) is 1. The van der Waals surface area contributed by atoms with Crippen molar-refractivity contribution in [3.05, 3.63) is 48.3 Å². The molecule has 0 unspecified atom stereocenters. The lowest BCUT2D eigenvalue weighted by Gasteiger charge is -2.23. The van der Waals surface area contributed by atoms with Crippen molar-refractivity contribution in [1.29, 1.82) is 0 Å². The second kappa shape index (κ2) is 10.3. The summed E-state index contributed by atoms with van der Waals surface area (Å²) in [6.07, 6.45) is 4.34. The van der Waals surface area contributed by atoms with Gasteiger partial charge in [-0.05, 0) is 36.0 Å². The van der Waals surface area contributed by atoms with Crippen LogP contribution >= 0.6 is 11.8 Å². The van der Waals surface area contributed by atoms with Gasteiger partial charge in [-0.25, -0.2) is 0 Å². The normalized spacial score (nSPS) is 11.4. The number of allylic oxidation sites excluding steroid dienone is 1. The smallest absolute Gasteiger partial charge is 0.313 e. The molecule has 0 fully saturated rings. The zero-order valence-electron chi connectivity index (χ0n) is 16.9. The minimum absolute atomic E-state index is 0.0385. The molecule has 1 N–H and O–H groups in total. The van der Waals surface area contributed by atoms with Crippen molar-refractivity contribution in [1.82, 2.24) is 14.8 Å². The Hall–Kier alpha value is -2.28. The molecule has 7 heteroatoms. The molecule has 0 spiro atoms. The Morgan fingerprint density at radius 2 is 2.04 bits per heavy atom. The molecule has 0 aliphatic heterocycles. The first kappa shape index (κ1) is 22.0. The Labute approximate surface area is 171 Å². The van der Waals surface area contributed by atoms with E-state index in [1.165, 1.54) is 17.3 Å². The van der Waals surface area contributed by atoms with E-state index in [2.05, 4.69) is 49.7 Å². The molecule has 6 nitrogen and oxygen atoms in total. The third-order valence-electron chi connectivity index (χ3n) is 4.76. The number of thioether (sulfide) groups is 1. The first-order chi connectivity index (χ1) is 13.4. The van der Waals surface area contributed by atoms with E-state index in [1.54, 1.807) is 6.08 Å². The van der Waals surface area contributed by atoms with Gasteiger partial charge in [0.05, 0.1) is 12.4 Å². The number of aliphatic carboxylic acids is 1. The summed E-state index contributed by atoms with van der Waals surface area (Å²) in [6.45, 7) is 11.6. The summed E-state index contributed by atoms with van der Waals surface area (Å²) in [5, 5.41) is 17.8. The average molecular weight is 404 g/mol. The van der Waals surface area contributed by atoms with Crippen molar-refractivity contribution in [2.75, 3.05) is 12.4 Å². The van der Waals surface area contributed by atoms with Crippen LogP contribution in [0.15, 0.2) is 42.1 Å². The van der Waals surface area contributed by atoms with E-state index in [0.717, 1.165) is 24.4 Å². The van der Waals surface area contributed by atoms with Gasteiger partial charge in [-0.2, -0.15) is 0 Å². The maximum atomic E-state index is 10.8. The number of aryl methyl sites for hydroxylation is 1. The Morgan fingerprint density at radius 1 is 1.32 bits per heavy atom. The Balaban J connectivity index is 1.87. The van der Waals surface area contributed by atoms with Gasteiger partial charge in [0.2, 0.25) is 0 Å². The zero-order valence-corrected chi connectivity index (χ0v) is 17.7. The fourth-order valence-electron chi connectivity index (χ4n) is 2.68. The van der Waals surface area contributed by atoms with Gasteiger partial charge in [-0.15, -0.1) is 16.8 Å². The minimum atomic E-state index is -0.874. The van der Waals surface area contributed by atoms with E-state index < -0.39 is 5.97 Å². The Morgan fingerprint density at radius 3 is 2.64 bits per heavy atom. The highest BCUT2D eigenvalue weighted by Gasteiger charge is 2.17. The van der Waals surface area contributed by atoms with Crippen molar-refractivity contribution >= 4 is 17.7 Å².